The third-order valence-corrected chi connectivity index (χ3v) is 9.43. The Hall–Kier alpha value is -1.91. The van der Waals surface area contributed by atoms with E-state index < -0.39 is 10.0 Å². The van der Waals surface area contributed by atoms with Crippen LogP contribution >= 0.6 is 23.2 Å². The fourth-order valence-corrected chi connectivity index (χ4v) is 6.40. The van der Waals surface area contributed by atoms with Crippen LogP contribution < -0.4 is 10.6 Å². The highest BCUT2D eigenvalue weighted by atomic mass is 35.5. The number of carbonyl (C=O) groups is 1. The minimum atomic E-state index is -3.60. The molecule has 0 radical (unpaired) electrons. The Morgan fingerprint density at radius 3 is 2.41 bits per heavy atom. The summed E-state index contributed by atoms with van der Waals surface area (Å²) in [4.78, 5) is 18.7. The van der Waals surface area contributed by atoms with Crippen LogP contribution in [0.5, 0.6) is 0 Å². The summed E-state index contributed by atoms with van der Waals surface area (Å²) < 4.78 is 27.8. The SMILES string of the molecule is O=C(NCc1cccnc1)Nc1ccc(S(=O)(=O)N2CCN(C3CCC(Cl)C(Cl)C3)CC2)cc1. The molecule has 2 amide bonds. The zero-order chi connectivity index (χ0) is 24.1. The number of urea groups is 1. The molecule has 34 heavy (non-hydrogen) atoms. The maximum atomic E-state index is 13.1. The number of anilines is 1. The molecule has 1 aliphatic carbocycles. The van der Waals surface area contributed by atoms with Crippen LogP contribution in [0.3, 0.4) is 0 Å². The van der Waals surface area contributed by atoms with Crippen LogP contribution in [0.2, 0.25) is 0 Å². The topological polar surface area (TPSA) is 94.6 Å². The van der Waals surface area contributed by atoms with Crippen molar-refractivity contribution in [2.24, 2.45) is 0 Å². The average Bonchev–Trinajstić information content (AvgIpc) is 2.85. The first-order chi connectivity index (χ1) is 16.3. The molecule has 1 aromatic heterocycles. The van der Waals surface area contributed by atoms with E-state index in [1.54, 1.807) is 30.6 Å². The number of rotatable bonds is 6. The molecule has 3 atom stereocenters. The molecule has 2 N–H and O–H groups in total. The lowest BCUT2D eigenvalue weighted by Gasteiger charge is -2.42. The average molecular weight is 526 g/mol. The number of carbonyl (C=O) groups excluding carboxylic acids is 1. The molecule has 2 fully saturated rings. The Kier molecular flexibility index (Phi) is 8.31. The second-order valence-corrected chi connectivity index (χ2v) is 11.7. The summed E-state index contributed by atoms with van der Waals surface area (Å²) in [6.07, 6.45) is 6.07. The highest BCUT2D eigenvalue weighted by Crippen LogP contribution is 2.31. The second kappa shape index (κ2) is 11.2. The first kappa shape index (κ1) is 25.2. The number of halogens is 2. The summed E-state index contributed by atoms with van der Waals surface area (Å²) in [6.45, 7) is 2.57. The third-order valence-electron chi connectivity index (χ3n) is 6.38. The molecular weight excluding hydrogens is 497 g/mol. The van der Waals surface area contributed by atoms with Gasteiger partial charge in [0.1, 0.15) is 0 Å². The molecule has 1 aliphatic heterocycles. The van der Waals surface area contributed by atoms with Crippen LogP contribution in [0.4, 0.5) is 10.5 Å². The van der Waals surface area contributed by atoms with Gasteiger partial charge in [0.25, 0.3) is 0 Å². The smallest absolute Gasteiger partial charge is 0.319 e. The molecule has 1 aromatic carbocycles. The normalized spacial score (nSPS) is 24.5. The number of hydrogen-bond donors (Lipinski definition) is 2. The van der Waals surface area contributed by atoms with E-state index in [1.165, 1.54) is 16.4 Å². The Morgan fingerprint density at radius 2 is 1.76 bits per heavy atom. The Balaban J connectivity index is 1.28. The molecular formula is C23H29Cl2N5O3S. The summed E-state index contributed by atoms with van der Waals surface area (Å²) in [5.74, 6) is 0. The number of piperazine rings is 1. The van der Waals surface area contributed by atoms with Crippen molar-refractivity contribution in [2.75, 3.05) is 31.5 Å². The van der Waals surface area contributed by atoms with Gasteiger partial charge in [0.15, 0.2) is 0 Å². The van der Waals surface area contributed by atoms with Crippen molar-refractivity contribution in [1.82, 2.24) is 19.5 Å². The maximum absolute atomic E-state index is 13.1. The molecule has 8 nitrogen and oxygen atoms in total. The molecule has 3 unspecified atom stereocenters. The number of amides is 2. The number of sulfonamides is 1. The fraction of sp³-hybridized carbons (Fsp3) is 0.478. The summed E-state index contributed by atoms with van der Waals surface area (Å²) in [6, 6.07) is 9.89. The minimum Gasteiger partial charge on any atom is -0.334 e. The third kappa shape index (κ3) is 6.20. The number of aromatic nitrogens is 1. The molecule has 1 saturated heterocycles. The largest absolute Gasteiger partial charge is 0.334 e. The van der Waals surface area contributed by atoms with Crippen molar-refractivity contribution < 1.29 is 13.2 Å². The number of nitrogens with zero attached hydrogens (tertiary/aromatic N) is 3. The van der Waals surface area contributed by atoms with E-state index in [0.29, 0.717) is 44.5 Å². The minimum absolute atomic E-state index is 0.0179. The van der Waals surface area contributed by atoms with Crippen LogP contribution in [0.1, 0.15) is 24.8 Å². The van der Waals surface area contributed by atoms with Gasteiger partial charge in [-0.2, -0.15) is 4.31 Å². The van der Waals surface area contributed by atoms with Crippen molar-refractivity contribution >= 4 is 44.9 Å². The van der Waals surface area contributed by atoms with E-state index in [4.69, 9.17) is 23.2 Å². The van der Waals surface area contributed by atoms with Gasteiger partial charge in [-0.1, -0.05) is 6.07 Å². The van der Waals surface area contributed by atoms with Crippen molar-refractivity contribution in [1.29, 1.82) is 0 Å². The molecule has 184 valence electrons. The zero-order valence-corrected chi connectivity index (χ0v) is 21.1. The second-order valence-electron chi connectivity index (χ2n) is 8.63. The summed E-state index contributed by atoms with van der Waals surface area (Å²) >= 11 is 12.6. The van der Waals surface area contributed by atoms with Crippen molar-refractivity contribution in [3.8, 4) is 0 Å². The van der Waals surface area contributed by atoms with Crippen molar-refractivity contribution in [3.63, 3.8) is 0 Å². The number of pyridine rings is 1. The van der Waals surface area contributed by atoms with Gasteiger partial charge in [-0.15, -0.1) is 23.2 Å². The molecule has 2 aromatic rings. The molecule has 1 saturated carbocycles. The predicted molar refractivity (Wildman–Crippen MR) is 134 cm³/mol. The van der Waals surface area contributed by atoms with Crippen molar-refractivity contribution in [3.05, 3.63) is 54.4 Å². The standard InChI is InChI=1S/C23H29Cl2N5O3S/c24-21-8-5-19(14-22(21)25)29-10-12-30(13-11-29)34(32,33)20-6-3-18(4-7-20)28-23(31)27-16-17-2-1-9-26-15-17/h1-4,6-7,9,15,19,21-22H,5,8,10-14,16H2,(H2,27,28,31). The van der Waals surface area contributed by atoms with Crippen LogP contribution in [0.25, 0.3) is 0 Å². The van der Waals surface area contributed by atoms with Crippen LogP contribution in [-0.4, -0.2) is 71.6 Å². The number of hydrogen-bond acceptors (Lipinski definition) is 5. The Morgan fingerprint density at radius 1 is 1.03 bits per heavy atom. The van der Waals surface area contributed by atoms with Gasteiger partial charge in [-0.3, -0.25) is 9.88 Å². The van der Waals surface area contributed by atoms with E-state index >= 15 is 0 Å². The van der Waals surface area contributed by atoms with Gasteiger partial charge in [-0.05, 0) is 55.2 Å². The van der Waals surface area contributed by atoms with Crippen LogP contribution in [0, 0.1) is 0 Å². The van der Waals surface area contributed by atoms with Crippen LogP contribution in [-0.2, 0) is 16.6 Å². The monoisotopic (exact) mass is 525 g/mol. The summed E-state index contributed by atoms with van der Waals surface area (Å²) in [5.41, 5.74) is 1.39. The Labute approximate surface area is 210 Å². The van der Waals surface area contributed by atoms with Gasteiger partial charge < -0.3 is 10.6 Å². The molecule has 0 spiro atoms. The van der Waals surface area contributed by atoms with Gasteiger partial charge in [0.05, 0.1) is 15.6 Å². The lowest BCUT2D eigenvalue weighted by molar-refractivity contribution is 0.113. The van der Waals surface area contributed by atoms with E-state index in [0.717, 1.165) is 24.8 Å². The summed E-state index contributed by atoms with van der Waals surface area (Å²) in [5, 5.41) is 5.44. The van der Waals surface area contributed by atoms with Gasteiger partial charge in [0, 0.05) is 56.8 Å². The fourth-order valence-electron chi connectivity index (χ4n) is 4.42. The number of alkyl halides is 2. The van der Waals surface area contributed by atoms with E-state index in [-0.39, 0.29) is 21.7 Å². The highest BCUT2D eigenvalue weighted by molar-refractivity contribution is 7.89. The van der Waals surface area contributed by atoms with E-state index in [1.807, 2.05) is 6.07 Å². The first-order valence-corrected chi connectivity index (χ1v) is 13.7. The molecule has 4 rings (SSSR count). The molecule has 0 bridgehead atoms. The lowest BCUT2D eigenvalue weighted by Crippen LogP contribution is -2.53. The predicted octanol–water partition coefficient (Wildman–Crippen LogP) is 3.48. The molecule has 2 aliphatic rings. The highest BCUT2D eigenvalue weighted by Gasteiger charge is 2.35. The first-order valence-electron chi connectivity index (χ1n) is 11.4. The quantitative estimate of drug-likeness (QED) is 0.563. The van der Waals surface area contributed by atoms with E-state index in [2.05, 4.69) is 20.5 Å². The van der Waals surface area contributed by atoms with Crippen LogP contribution in [0.15, 0.2) is 53.7 Å². The van der Waals surface area contributed by atoms with Gasteiger partial charge in [0.2, 0.25) is 10.0 Å². The summed E-state index contributed by atoms with van der Waals surface area (Å²) in [7, 11) is -3.60. The molecule has 2 heterocycles. The maximum Gasteiger partial charge on any atom is 0.319 e. The van der Waals surface area contributed by atoms with Gasteiger partial charge >= 0.3 is 6.03 Å². The number of benzene rings is 1. The Bertz CT molecular complexity index is 1060. The van der Waals surface area contributed by atoms with E-state index in [9.17, 15) is 13.2 Å². The molecule has 11 heteroatoms. The lowest BCUT2D eigenvalue weighted by atomic mass is 9.93. The number of nitrogens with one attached hydrogen (secondary N) is 2. The van der Waals surface area contributed by atoms with Gasteiger partial charge in [-0.25, -0.2) is 13.2 Å². The zero-order valence-electron chi connectivity index (χ0n) is 18.7. The van der Waals surface area contributed by atoms with Crippen molar-refractivity contribution in [2.45, 2.75) is 47.5 Å².